The zero-order valence-corrected chi connectivity index (χ0v) is 16.6. The van der Waals surface area contributed by atoms with Gasteiger partial charge in [-0.2, -0.15) is 5.10 Å². The lowest BCUT2D eigenvalue weighted by Crippen LogP contribution is -2.37. The second kappa shape index (κ2) is 8.39. The van der Waals surface area contributed by atoms with Crippen LogP contribution in [0.2, 0.25) is 0 Å². The summed E-state index contributed by atoms with van der Waals surface area (Å²) in [7, 11) is 0. The van der Waals surface area contributed by atoms with Crippen LogP contribution >= 0.6 is 0 Å². The SMILES string of the molecule is CC(C)(C)Cc1cc(NC(=O)[C@@H](N)Cc2cn(Cc3ccccc3)cn2)n[nH]1. The van der Waals surface area contributed by atoms with Crippen LogP contribution in [0.25, 0.3) is 0 Å². The molecule has 0 aliphatic rings. The molecule has 0 aliphatic heterocycles. The lowest BCUT2D eigenvalue weighted by atomic mass is 9.91. The average Bonchev–Trinajstić information content (AvgIpc) is 3.23. The van der Waals surface area contributed by atoms with Gasteiger partial charge in [0.05, 0.1) is 18.1 Å². The fourth-order valence-electron chi connectivity index (χ4n) is 3.02. The molecular formula is C21H28N6O. The molecule has 0 spiro atoms. The van der Waals surface area contributed by atoms with Gasteiger partial charge in [0.25, 0.3) is 0 Å². The Morgan fingerprint density at radius 2 is 2.04 bits per heavy atom. The van der Waals surface area contributed by atoms with Gasteiger partial charge >= 0.3 is 0 Å². The topological polar surface area (TPSA) is 102 Å². The van der Waals surface area contributed by atoms with Gasteiger partial charge in [-0.1, -0.05) is 51.1 Å². The predicted molar refractivity (Wildman–Crippen MR) is 110 cm³/mol. The van der Waals surface area contributed by atoms with Crippen molar-refractivity contribution in [3.05, 3.63) is 65.9 Å². The molecule has 7 heteroatoms. The van der Waals surface area contributed by atoms with Crippen LogP contribution in [0.1, 0.15) is 37.7 Å². The van der Waals surface area contributed by atoms with E-state index in [0.29, 0.717) is 12.2 Å². The van der Waals surface area contributed by atoms with Gasteiger partial charge in [0.2, 0.25) is 5.91 Å². The Bertz CT molecular complexity index is 906. The number of carbonyl (C=O) groups excluding carboxylic acids is 1. The highest BCUT2D eigenvalue weighted by molar-refractivity contribution is 5.94. The maximum atomic E-state index is 12.4. The number of aromatic nitrogens is 4. The van der Waals surface area contributed by atoms with Crippen LogP contribution in [0.4, 0.5) is 5.82 Å². The minimum Gasteiger partial charge on any atom is -0.333 e. The quantitative estimate of drug-likeness (QED) is 0.586. The summed E-state index contributed by atoms with van der Waals surface area (Å²) in [5, 5.41) is 9.88. The van der Waals surface area contributed by atoms with Crippen molar-refractivity contribution in [1.29, 1.82) is 0 Å². The molecule has 2 heterocycles. The molecule has 0 aliphatic carbocycles. The zero-order chi connectivity index (χ0) is 20.1. The Morgan fingerprint density at radius 3 is 2.75 bits per heavy atom. The highest BCUT2D eigenvalue weighted by Gasteiger charge is 2.18. The van der Waals surface area contributed by atoms with Crippen LogP contribution in [-0.4, -0.2) is 31.7 Å². The smallest absolute Gasteiger partial charge is 0.242 e. The molecule has 3 rings (SSSR count). The number of hydrogen-bond donors (Lipinski definition) is 3. The molecule has 0 saturated carbocycles. The van der Waals surface area contributed by atoms with Crippen molar-refractivity contribution in [3.63, 3.8) is 0 Å². The van der Waals surface area contributed by atoms with E-state index in [-0.39, 0.29) is 11.3 Å². The number of benzene rings is 1. The Hall–Kier alpha value is -2.93. The summed E-state index contributed by atoms with van der Waals surface area (Å²) in [6.07, 6.45) is 4.91. The first-order valence-electron chi connectivity index (χ1n) is 9.44. The Labute approximate surface area is 165 Å². The van der Waals surface area contributed by atoms with Crippen LogP contribution in [-0.2, 0) is 24.2 Å². The van der Waals surface area contributed by atoms with Gasteiger partial charge in [0.15, 0.2) is 5.82 Å². The van der Waals surface area contributed by atoms with E-state index in [9.17, 15) is 4.79 Å². The number of rotatable bonds is 7. The van der Waals surface area contributed by atoms with Crippen LogP contribution in [0.3, 0.4) is 0 Å². The molecular weight excluding hydrogens is 352 g/mol. The lowest BCUT2D eigenvalue weighted by Gasteiger charge is -2.15. The standard InChI is InChI=1S/C21H28N6O/c1-21(2,3)11-16-10-19(26-25-16)24-20(28)18(22)9-17-13-27(14-23-17)12-15-7-5-4-6-8-15/h4-8,10,13-14,18H,9,11-12,22H2,1-3H3,(H2,24,25,26,28)/t18-/m0/s1. The highest BCUT2D eigenvalue weighted by atomic mass is 16.2. The third-order valence-electron chi connectivity index (χ3n) is 4.26. The number of carbonyl (C=O) groups is 1. The monoisotopic (exact) mass is 380 g/mol. The van der Waals surface area contributed by atoms with Crippen LogP contribution in [0, 0.1) is 5.41 Å². The maximum absolute atomic E-state index is 12.4. The summed E-state index contributed by atoms with van der Waals surface area (Å²) in [5.74, 6) is 0.223. The molecule has 0 fully saturated rings. The fourth-order valence-corrected chi connectivity index (χ4v) is 3.02. The highest BCUT2D eigenvalue weighted by Crippen LogP contribution is 2.20. The first-order chi connectivity index (χ1) is 13.3. The molecule has 1 amide bonds. The minimum atomic E-state index is -0.692. The second-order valence-electron chi connectivity index (χ2n) is 8.34. The normalized spacial score (nSPS) is 12.7. The summed E-state index contributed by atoms with van der Waals surface area (Å²) in [5.41, 5.74) is 9.17. The van der Waals surface area contributed by atoms with Gasteiger partial charge in [-0.3, -0.25) is 9.89 Å². The van der Waals surface area contributed by atoms with Crippen LogP contribution in [0.5, 0.6) is 0 Å². The van der Waals surface area contributed by atoms with Gasteiger partial charge in [-0.25, -0.2) is 4.98 Å². The summed E-state index contributed by atoms with van der Waals surface area (Å²) in [6.45, 7) is 7.19. The van der Waals surface area contributed by atoms with E-state index in [1.165, 1.54) is 5.56 Å². The second-order valence-corrected chi connectivity index (χ2v) is 8.34. The number of anilines is 1. The molecule has 3 aromatic rings. The molecule has 1 atom stereocenters. The van der Waals surface area contributed by atoms with Crippen molar-refractivity contribution in [3.8, 4) is 0 Å². The van der Waals surface area contributed by atoms with Crippen molar-refractivity contribution in [2.45, 2.75) is 46.2 Å². The maximum Gasteiger partial charge on any atom is 0.242 e. The number of nitrogens with one attached hydrogen (secondary N) is 2. The van der Waals surface area contributed by atoms with Crippen molar-refractivity contribution < 1.29 is 4.79 Å². The summed E-state index contributed by atoms with van der Waals surface area (Å²) in [6, 6.07) is 11.3. The van der Waals surface area contributed by atoms with Gasteiger partial charge in [0, 0.05) is 30.9 Å². The molecule has 0 unspecified atom stereocenters. The van der Waals surface area contributed by atoms with Crippen molar-refractivity contribution in [2.24, 2.45) is 11.1 Å². The largest absolute Gasteiger partial charge is 0.333 e. The molecule has 0 radical (unpaired) electrons. The third-order valence-corrected chi connectivity index (χ3v) is 4.26. The predicted octanol–water partition coefficient (Wildman–Crippen LogP) is 2.75. The number of nitrogens with zero attached hydrogens (tertiary/aromatic N) is 3. The first-order valence-corrected chi connectivity index (χ1v) is 9.44. The number of amides is 1. The van der Waals surface area contributed by atoms with Crippen molar-refractivity contribution in [1.82, 2.24) is 19.7 Å². The number of aromatic amines is 1. The molecule has 4 N–H and O–H groups in total. The van der Waals surface area contributed by atoms with Gasteiger partial charge < -0.3 is 15.6 Å². The number of H-pyrrole nitrogens is 1. The van der Waals surface area contributed by atoms with Crippen LogP contribution < -0.4 is 11.1 Å². The van der Waals surface area contributed by atoms with E-state index in [4.69, 9.17) is 5.73 Å². The summed E-state index contributed by atoms with van der Waals surface area (Å²) < 4.78 is 1.99. The van der Waals surface area contributed by atoms with E-state index in [1.807, 2.05) is 35.0 Å². The molecule has 0 bridgehead atoms. The Kier molecular flexibility index (Phi) is 5.94. The molecule has 28 heavy (non-hydrogen) atoms. The zero-order valence-electron chi connectivity index (χ0n) is 16.6. The Morgan fingerprint density at radius 1 is 1.29 bits per heavy atom. The molecule has 2 aromatic heterocycles. The molecule has 148 valence electrons. The number of imidazole rings is 1. The molecule has 1 aromatic carbocycles. The number of nitrogens with two attached hydrogens (primary N) is 1. The Balaban J connectivity index is 1.53. The lowest BCUT2D eigenvalue weighted by molar-refractivity contribution is -0.117. The van der Waals surface area contributed by atoms with Gasteiger partial charge in [-0.05, 0) is 17.4 Å². The van der Waals surface area contributed by atoms with Gasteiger partial charge in [-0.15, -0.1) is 0 Å². The number of hydrogen-bond acceptors (Lipinski definition) is 4. The molecule has 7 nitrogen and oxygen atoms in total. The van der Waals surface area contributed by atoms with Crippen LogP contribution in [0.15, 0.2) is 48.9 Å². The average molecular weight is 380 g/mol. The van der Waals surface area contributed by atoms with E-state index in [2.05, 4.69) is 53.4 Å². The summed E-state index contributed by atoms with van der Waals surface area (Å²) >= 11 is 0. The molecule has 0 saturated heterocycles. The van der Waals surface area contributed by atoms with E-state index >= 15 is 0 Å². The first kappa shape index (κ1) is 19.8. The van der Waals surface area contributed by atoms with E-state index < -0.39 is 6.04 Å². The fraction of sp³-hybridized carbons (Fsp3) is 0.381. The van der Waals surface area contributed by atoms with E-state index in [0.717, 1.165) is 24.4 Å². The van der Waals surface area contributed by atoms with Gasteiger partial charge in [0.1, 0.15) is 0 Å². The third kappa shape index (κ3) is 5.79. The van der Waals surface area contributed by atoms with Crippen molar-refractivity contribution in [2.75, 3.05) is 5.32 Å². The van der Waals surface area contributed by atoms with Crippen molar-refractivity contribution >= 4 is 11.7 Å². The minimum absolute atomic E-state index is 0.142. The summed E-state index contributed by atoms with van der Waals surface area (Å²) in [4.78, 5) is 16.8. The van der Waals surface area contributed by atoms with E-state index in [1.54, 1.807) is 6.33 Å².